The van der Waals surface area contributed by atoms with Gasteiger partial charge in [0.2, 0.25) is 0 Å². The lowest BCUT2D eigenvalue weighted by Gasteiger charge is -2.20. The zero-order valence-electron chi connectivity index (χ0n) is 18.4. The summed E-state index contributed by atoms with van der Waals surface area (Å²) in [6.45, 7) is 4.71. The molecule has 6 heteroatoms. The summed E-state index contributed by atoms with van der Waals surface area (Å²) >= 11 is 0. The monoisotopic (exact) mass is 424 g/mol. The topological polar surface area (TPSA) is 62.2 Å². The van der Waals surface area contributed by atoms with Crippen LogP contribution in [0.25, 0.3) is 0 Å². The number of aryl methyl sites for hydroxylation is 1. The van der Waals surface area contributed by atoms with Gasteiger partial charge in [0.05, 0.1) is 6.61 Å². The van der Waals surface area contributed by atoms with E-state index in [1.807, 2.05) is 49.2 Å². The van der Waals surface area contributed by atoms with Crippen LogP contribution in [-0.4, -0.2) is 61.9 Å². The zero-order valence-corrected chi connectivity index (χ0v) is 18.4. The summed E-state index contributed by atoms with van der Waals surface area (Å²) < 4.78 is 11.9. The number of hydrogen-bond donors (Lipinski definition) is 1. The highest BCUT2D eigenvalue weighted by atomic mass is 16.5. The normalized spacial score (nSPS) is 18.6. The van der Waals surface area contributed by atoms with Crippen molar-refractivity contribution in [3.8, 4) is 11.5 Å². The van der Waals surface area contributed by atoms with E-state index in [1.165, 1.54) is 18.4 Å². The molecule has 1 heterocycles. The fourth-order valence-corrected chi connectivity index (χ4v) is 3.98. The van der Waals surface area contributed by atoms with Crippen LogP contribution in [0.15, 0.2) is 42.5 Å². The second-order valence-corrected chi connectivity index (χ2v) is 8.55. The summed E-state index contributed by atoms with van der Waals surface area (Å²) in [5.41, 5.74) is 3.24. The molecule has 0 aromatic heterocycles. The summed E-state index contributed by atoms with van der Waals surface area (Å²) in [5.74, 6) is 2.30. The van der Waals surface area contributed by atoms with Crippen molar-refractivity contribution in [2.24, 2.45) is 0 Å². The van der Waals surface area contributed by atoms with Crippen molar-refractivity contribution in [1.82, 2.24) is 4.90 Å². The van der Waals surface area contributed by atoms with Crippen LogP contribution in [0.5, 0.6) is 11.5 Å². The van der Waals surface area contributed by atoms with Crippen LogP contribution in [0.2, 0.25) is 0 Å². The Hall–Kier alpha value is -2.57. The molecule has 2 aromatic carbocycles. The number of anilines is 1. The molecule has 4 rings (SSSR count). The number of ether oxygens (including phenoxy) is 2. The Morgan fingerprint density at radius 1 is 1.10 bits per heavy atom. The van der Waals surface area contributed by atoms with Gasteiger partial charge in [0.15, 0.2) is 6.10 Å². The number of carbonyl (C=O) groups excluding carboxylic acids is 1. The third-order valence-corrected chi connectivity index (χ3v) is 6.05. The van der Waals surface area contributed by atoms with Gasteiger partial charge in [-0.05, 0) is 74.2 Å². The van der Waals surface area contributed by atoms with Gasteiger partial charge in [0, 0.05) is 31.7 Å². The second kappa shape index (κ2) is 9.71. The molecule has 166 valence electrons. The average molecular weight is 425 g/mol. The minimum atomic E-state index is -0.440. The van der Waals surface area contributed by atoms with Crippen molar-refractivity contribution >= 4 is 11.6 Å². The van der Waals surface area contributed by atoms with E-state index < -0.39 is 6.10 Å². The van der Waals surface area contributed by atoms with Crippen molar-refractivity contribution in [3.63, 3.8) is 0 Å². The average Bonchev–Trinajstić information content (AvgIpc) is 3.55. The number of hydrogen-bond acceptors (Lipinski definition) is 5. The summed E-state index contributed by atoms with van der Waals surface area (Å²) in [6, 6.07) is 14.1. The van der Waals surface area contributed by atoms with Crippen LogP contribution < -0.4 is 14.4 Å². The van der Waals surface area contributed by atoms with Crippen LogP contribution in [0, 0.1) is 6.92 Å². The molecule has 6 nitrogen and oxygen atoms in total. The standard InChI is InChI=1S/C25H32N2O4/c1-18-17-21(7-10-23(18)30-16-14-26(2)13-15-28)27-12-11-24(25(27)29)31-22-8-5-20(6-9-22)19-3-4-19/h5-10,17,19,24,28H,3-4,11-16H2,1-2H3/t24-/m0/s1. The van der Waals surface area contributed by atoms with E-state index >= 15 is 0 Å². The number of nitrogens with zero attached hydrogens (tertiary/aromatic N) is 2. The minimum Gasteiger partial charge on any atom is -0.492 e. The highest BCUT2D eigenvalue weighted by Crippen LogP contribution is 2.40. The van der Waals surface area contributed by atoms with Gasteiger partial charge in [0.1, 0.15) is 18.1 Å². The van der Waals surface area contributed by atoms with E-state index in [4.69, 9.17) is 14.6 Å². The number of rotatable bonds is 10. The van der Waals surface area contributed by atoms with Crippen molar-refractivity contribution in [2.75, 3.05) is 44.8 Å². The molecule has 0 spiro atoms. The molecule has 2 aliphatic rings. The molecular weight excluding hydrogens is 392 g/mol. The number of benzene rings is 2. The highest BCUT2D eigenvalue weighted by molar-refractivity contribution is 5.99. The fraction of sp³-hybridized carbons (Fsp3) is 0.480. The molecule has 1 N–H and O–H groups in total. The predicted octanol–water partition coefficient (Wildman–Crippen LogP) is 3.36. The molecule has 31 heavy (non-hydrogen) atoms. The van der Waals surface area contributed by atoms with Gasteiger partial charge in [-0.2, -0.15) is 0 Å². The summed E-state index contributed by atoms with van der Waals surface area (Å²) in [5, 5.41) is 8.96. The molecule has 0 radical (unpaired) electrons. The van der Waals surface area contributed by atoms with E-state index in [0.717, 1.165) is 29.3 Å². The van der Waals surface area contributed by atoms with Crippen LogP contribution in [0.3, 0.4) is 0 Å². The van der Waals surface area contributed by atoms with Crippen LogP contribution >= 0.6 is 0 Å². The van der Waals surface area contributed by atoms with E-state index in [2.05, 4.69) is 12.1 Å². The van der Waals surface area contributed by atoms with E-state index in [0.29, 0.717) is 32.0 Å². The van der Waals surface area contributed by atoms with Crippen molar-refractivity contribution in [2.45, 2.75) is 38.2 Å². The molecule has 0 unspecified atom stereocenters. The third-order valence-electron chi connectivity index (χ3n) is 6.05. The molecule has 1 atom stereocenters. The van der Waals surface area contributed by atoms with Gasteiger partial charge in [-0.15, -0.1) is 0 Å². The van der Waals surface area contributed by atoms with E-state index in [9.17, 15) is 4.79 Å². The number of likely N-dealkylation sites (N-methyl/N-ethyl adjacent to an activating group) is 1. The Morgan fingerprint density at radius 2 is 1.87 bits per heavy atom. The van der Waals surface area contributed by atoms with Crippen molar-refractivity contribution in [1.29, 1.82) is 0 Å². The first-order valence-corrected chi connectivity index (χ1v) is 11.2. The maximum Gasteiger partial charge on any atom is 0.268 e. The lowest BCUT2D eigenvalue weighted by atomic mass is 10.1. The molecule has 1 aliphatic heterocycles. The Bertz CT molecular complexity index is 895. The maximum absolute atomic E-state index is 12.9. The molecule has 0 bridgehead atoms. The minimum absolute atomic E-state index is 0.00460. The second-order valence-electron chi connectivity index (χ2n) is 8.55. The Labute approximate surface area is 184 Å². The van der Waals surface area contributed by atoms with Gasteiger partial charge in [-0.1, -0.05) is 12.1 Å². The molecule has 2 fully saturated rings. The fourth-order valence-electron chi connectivity index (χ4n) is 3.98. The summed E-state index contributed by atoms with van der Waals surface area (Å²) in [4.78, 5) is 16.8. The van der Waals surface area contributed by atoms with Crippen molar-refractivity contribution in [3.05, 3.63) is 53.6 Å². The van der Waals surface area contributed by atoms with Crippen LogP contribution in [-0.2, 0) is 4.79 Å². The van der Waals surface area contributed by atoms with Crippen molar-refractivity contribution < 1.29 is 19.4 Å². The lowest BCUT2D eigenvalue weighted by molar-refractivity contribution is -0.122. The lowest BCUT2D eigenvalue weighted by Crippen LogP contribution is -2.32. The molecule has 1 aliphatic carbocycles. The number of carbonyl (C=O) groups is 1. The van der Waals surface area contributed by atoms with E-state index in [1.54, 1.807) is 4.90 Å². The van der Waals surface area contributed by atoms with E-state index in [-0.39, 0.29) is 12.5 Å². The SMILES string of the molecule is Cc1cc(N2CC[C@H](Oc3ccc(C4CC4)cc3)C2=O)ccc1OCCN(C)CCO. The summed E-state index contributed by atoms with van der Waals surface area (Å²) in [7, 11) is 1.95. The summed E-state index contributed by atoms with van der Waals surface area (Å²) in [6.07, 6.45) is 2.79. The van der Waals surface area contributed by atoms with Crippen LogP contribution in [0.4, 0.5) is 5.69 Å². The number of aliphatic hydroxyl groups excluding tert-OH is 1. The zero-order chi connectivity index (χ0) is 21.8. The van der Waals surface area contributed by atoms with Crippen LogP contribution in [0.1, 0.15) is 36.3 Å². The number of amides is 1. The third kappa shape index (κ3) is 5.38. The molecule has 1 saturated heterocycles. The van der Waals surface area contributed by atoms with Gasteiger partial charge in [-0.25, -0.2) is 0 Å². The molecular formula is C25H32N2O4. The van der Waals surface area contributed by atoms with Gasteiger partial charge >= 0.3 is 0 Å². The largest absolute Gasteiger partial charge is 0.492 e. The first-order chi connectivity index (χ1) is 15.0. The highest BCUT2D eigenvalue weighted by Gasteiger charge is 2.34. The van der Waals surface area contributed by atoms with Gasteiger partial charge < -0.3 is 24.4 Å². The number of aliphatic hydroxyl groups is 1. The first kappa shape index (κ1) is 21.7. The molecule has 1 saturated carbocycles. The predicted molar refractivity (Wildman–Crippen MR) is 121 cm³/mol. The smallest absolute Gasteiger partial charge is 0.268 e. The molecule has 1 amide bonds. The Morgan fingerprint density at radius 3 is 2.55 bits per heavy atom. The maximum atomic E-state index is 12.9. The quantitative estimate of drug-likeness (QED) is 0.634. The Kier molecular flexibility index (Phi) is 6.78. The van der Waals surface area contributed by atoms with Gasteiger partial charge in [-0.3, -0.25) is 4.79 Å². The Balaban J connectivity index is 1.33. The van der Waals surface area contributed by atoms with Gasteiger partial charge in [0.25, 0.3) is 5.91 Å². The molecule has 2 aromatic rings. The first-order valence-electron chi connectivity index (χ1n) is 11.2.